The SMILES string of the molecule is C=C.CCCC1(OC)C(N)(N)CCC[Si]1(OC)OC. The molecule has 0 bridgehead atoms. The van der Waals surface area contributed by atoms with E-state index >= 15 is 0 Å². The van der Waals surface area contributed by atoms with E-state index in [1.54, 1.807) is 21.3 Å². The first-order valence-electron chi connectivity index (χ1n) is 6.68. The molecule has 0 radical (unpaired) electrons. The standard InChI is InChI=1S/C11H26N2O3Si.C2H4/c1-5-7-11(14-2)10(12,13)8-6-9-17(11,15-3)16-4;1-2/h5-9,12-13H2,1-4H3;1-2H2. The molecule has 0 amide bonds. The van der Waals surface area contributed by atoms with Gasteiger partial charge in [-0.2, -0.15) is 0 Å². The molecule has 6 heteroatoms. The molecular formula is C13H30N2O3Si. The van der Waals surface area contributed by atoms with Crippen LogP contribution in [0, 0.1) is 0 Å². The van der Waals surface area contributed by atoms with Crippen molar-refractivity contribution < 1.29 is 13.6 Å². The number of hydrogen-bond donors (Lipinski definition) is 2. The molecule has 0 aromatic carbocycles. The largest absolute Gasteiger partial charge is 0.396 e. The van der Waals surface area contributed by atoms with Gasteiger partial charge in [-0.05, 0) is 25.3 Å². The van der Waals surface area contributed by atoms with Crippen molar-refractivity contribution in [3.05, 3.63) is 13.2 Å². The number of hydrogen-bond acceptors (Lipinski definition) is 5. The molecule has 114 valence electrons. The molecule has 5 nitrogen and oxygen atoms in total. The zero-order valence-corrected chi connectivity index (χ0v) is 13.8. The van der Waals surface area contributed by atoms with Gasteiger partial charge in [0, 0.05) is 21.3 Å². The Morgan fingerprint density at radius 2 is 1.68 bits per heavy atom. The quantitative estimate of drug-likeness (QED) is 0.457. The highest BCUT2D eigenvalue weighted by molar-refractivity contribution is 6.71. The predicted octanol–water partition coefficient (Wildman–Crippen LogP) is 1.66. The Balaban J connectivity index is 0.00000154. The topological polar surface area (TPSA) is 79.7 Å². The highest BCUT2D eigenvalue weighted by Crippen LogP contribution is 2.45. The fraction of sp³-hybridized carbons (Fsp3) is 0.846. The molecule has 4 N–H and O–H groups in total. The number of nitrogens with two attached hydrogens (primary N) is 2. The normalized spacial score (nSPS) is 28.3. The minimum absolute atomic E-state index is 0.670. The van der Waals surface area contributed by atoms with Crippen molar-refractivity contribution in [2.45, 2.75) is 49.5 Å². The Labute approximate surface area is 118 Å². The summed E-state index contributed by atoms with van der Waals surface area (Å²) in [6.45, 7) is 8.09. The van der Waals surface area contributed by atoms with Gasteiger partial charge in [0.2, 0.25) is 0 Å². The molecule has 1 heterocycles. The summed E-state index contributed by atoms with van der Waals surface area (Å²) in [6, 6.07) is 0.879. The summed E-state index contributed by atoms with van der Waals surface area (Å²) in [5.74, 6) is 0. The van der Waals surface area contributed by atoms with Crippen molar-refractivity contribution in [3.8, 4) is 0 Å². The Morgan fingerprint density at radius 3 is 2.05 bits per heavy atom. The van der Waals surface area contributed by atoms with E-state index in [-0.39, 0.29) is 0 Å². The van der Waals surface area contributed by atoms with Crippen molar-refractivity contribution in [3.63, 3.8) is 0 Å². The fourth-order valence-corrected chi connectivity index (χ4v) is 7.27. The third-order valence-corrected chi connectivity index (χ3v) is 8.55. The lowest BCUT2D eigenvalue weighted by molar-refractivity contribution is -0.0652. The van der Waals surface area contributed by atoms with Gasteiger partial charge in [-0.1, -0.05) is 13.3 Å². The van der Waals surface area contributed by atoms with Crippen LogP contribution in [0.1, 0.15) is 32.6 Å². The lowest BCUT2D eigenvalue weighted by atomic mass is 9.94. The predicted molar refractivity (Wildman–Crippen MR) is 80.8 cm³/mol. The average Bonchev–Trinajstić information content (AvgIpc) is 2.43. The molecule has 1 atom stereocenters. The average molecular weight is 290 g/mol. The summed E-state index contributed by atoms with van der Waals surface area (Å²) < 4.78 is 17.3. The first-order chi connectivity index (χ1) is 8.95. The Morgan fingerprint density at radius 1 is 1.16 bits per heavy atom. The van der Waals surface area contributed by atoms with E-state index in [2.05, 4.69) is 20.1 Å². The first kappa shape index (κ1) is 18.8. The molecular weight excluding hydrogens is 260 g/mol. The van der Waals surface area contributed by atoms with Crippen LogP contribution >= 0.6 is 0 Å². The Kier molecular flexibility index (Phi) is 7.42. The van der Waals surface area contributed by atoms with E-state index < -0.39 is 19.4 Å². The highest BCUT2D eigenvalue weighted by atomic mass is 28.4. The number of rotatable bonds is 5. The smallest absolute Gasteiger partial charge is 0.374 e. The Bertz CT molecular complexity index is 273. The van der Waals surface area contributed by atoms with Crippen LogP contribution in [-0.2, 0) is 13.6 Å². The molecule has 1 rings (SSSR count). The number of methoxy groups -OCH3 is 1. The maximum atomic E-state index is 6.31. The van der Waals surface area contributed by atoms with Crippen LogP contribution in [0.5, 0.6) is 0 Å². The zero-order chi connectivity index (χ0) is 15.2. The second-order valence-electron chi connectivity index (χ2n) is 4.84. The third-order valence-electron chi connectivity index (χ3n) is 4.07. The van der Waals surface area contributed by atoms with Crippen LogP contribution in [0.25, 0.3) is 0 Å². The van der Waals surface area contributed by atoms with Gasteiger partial charge in [-0.25, -0.2) is 0 Å². The van der Waals surface area contributed by atoms with Gasteiger partial charge in [0.1, 0.15) is 5.22 Å². The van der Waals surface area contributed by atoms with Crippen LogP contribution in [0.4, 0.5) is 0 Å². The third kappa shape index (κ3) is 2.94. The maximum Gasteiger partial charge on any atom is 0.374 e. The monoisotopic (exact) mass is 290 g/mol. The number of ether oxygens (including phenoxy) is 1. The van der Waals surface area contributed by atoms with Gasteiger partial charge < -0.3 is 25.1 Å². The van der Waals surface area contributed by atoms with Crippen molar-refractivity contribution in [2.24, 2.45) is 11.5 Å². The van der Waals surface area contributed by atoms with Crippen LogP contribution in [0.15, 0.2) is 13.2 Å². The lowest BCUT2D eigenvalue weighted by Gasteiger charge is -2.55. The zero-order valence-electron chi connectivity index (χ0n) is 12.8. The molecule has 1 fully saturated rings. The van der Waals surface area contributed by atoms with Crippen molar-refractivity contribution in [2.75, 3.05) is 21.3 Å². The van der Waals surface area contributed by atoms with E-state index in [0.717, 1.165) is 31.7 Å². The van der Waals surface area contributed by atoms with E-state index in [0.29, 0.717) is 0 Å². The molecule has 19 heavy (non-hydrogen) atoms. The molecule has 0 aromatic heterocycles. The molecule has 1 aliphatic rings. The molecule has 1 saturated heterocycles. The highest BCUT2D eigenvalue weighted by Gasteiger charge is 2.67. The van der Waals surface area contributed by atoms with E-state index in [1.807, 2.05) is 0 Å². The van der Waals surface area contributed by atoms with E-state index in [9.17, 15) is 0 Å². The van der Waals surface area contributed by atoms with E-state index in [1.165, 1.54) is 0 Å². The summed E-state index contributed by atoms with van der Waals surface area (Å²) in [4.78, 5) is 0. The minimum atomic E-state index is -2.54. The van der Waals surface area contributed by atoms with E-state index in [4.69, 9.17) is 25.1 Å². The Hall–Kier alpha value is -0.243. The summed E-state index contributed by atoms with van der Waals surface area (Å²) >= 11 is 0. The van der Waals surface area contributed by atoms with Crippen LogP contribution in [0.2, 0.25) is 6.04 Å². The van der Waals surface area contributed by atoms with Gasteiger partial charge in [-0.3, -0.25) is 0 Å². The molecule has 0 saturated carbocycles. The lowest BCUT2D eigenvalue weighted by Crippen LogP contribution is -2.81. The van der Waals surface area contributed by atoms with Gasteiger partial charge in [-0.15, -0.1) is 13.2 Å². The summed E-state index contributed by atoms with van der Waals surface area (Å²) in [6.07, 6.45) is 3.37. The summed E-state index contributed by atoms with van der Waals surface area (Å²) in [7, 11) is 2.49. The van der Waals surface area contributed by atoms with Gasteiger partial charge in [0.15, 0.2) is 0 Å². The first-order valence-corrected chi connectivity index (χ1v) is 8.71. The van der Waals surface area contributed by atoms with Crippen molar-refractivity contribution in [1.82, 2.24) is 0 Å². The second-order valence-corrected chi connectivity index (χ2v) is 8.47. The van der Waals surface area contributed by atoms with Gasteiger partial charge in [0.05, 0.1) is 5.66 Å². The summed E-state index contributed by atoms with van der Waals surface area (Å²) in [5.41, 5.74) is 11.7. The van der Waals surface area contributed by atoms with Crippen LogP contribution in [0.3, 0.4) is 0 Å². The van der Waals surface area contributed by atoms with Crippen molar-refractivity contribution in [1.29, 1.82) is 0 Å². The molecule has 0 aromatic rings. The minimum Gasteiger partial charge on any atom is -0.396 e. The molecule has 0 spiro atoms. The summed E-state index contributed by atoms with van der Waals surface area (Å²) in [5, 5.41) is -0.670. The van der Waals surface area contributed by atoms with Crippen LogP contribution < -0.4 is 11.5 Å². The van der Waals surface area contributed by atoms with Gasteiger partial charge >= 0.3 is 8.56 Å². The van der Waals surface area contributed by atoms with Gasteiger partial charge in [0.25, 0.3) is 0 Å². The second kappa shape index (κ2) is 7.52. The molecule has 1 aliphatic heterocycles. The fourth-order valence-electron chi connectivity index (χ4n) is 3.21. The maximum absolute atomic E-state index is 6.31. The van der Waals surface area contributed by atoms with Crippen LogP contribution in [-0.4, -0.2) is 40.8 Å². The van der Waals surface area contributed by atoms with Crippen molar-refractivity contribution >= 4 is 8.56 Å². The molecule has 1 unspecified atom stereocenters. The molecule has 0 aliphatic carbocycles.